The quantitative estimate of drug-likeness (QED) is 0.430. The van der Waals surface area contributed by atoms with Gasteiger partial charge >= 0.3 is 12.5 Å². The van der Waals surface area contributed by atoms with Crippen molar-refractivity contribution in [2.75, 3.05) is 5.88 Å². The van der Waals surface area contributed by atoms with Gasteiger partial charge < -0.3 is 4.74 Å². The summed E-state index contributed by atoms with van der Waals surface area (Å²) >= 11 is 5.42. The van der Waals surface area contributed by atoms with E-state index in [1.165, 1.54) is 18.2 Å². The Hall–Kier alpha value is -1.30. The largest absolute Gasteiger partial charge is 0.461 e. The van der Waals surface area contributed by atoms with Gasteiger partial charge in [-0.05, 0) is 18.6 Å². The van der Waals surface area contributed by atoms with E-state index in [2.05, 4.69) is 4.74 Å². The molecule has 0 heterocycles. The number of carbonyl (C=O) groups excluding carboxylic acids is 1. The Balaban J connectivity index is 2.93. The van der Waals surface area contributed by atoms with Crippen LogP contribution in [0.1, 0.15) is 23.2 Å². The van der Waals surface area contributed by atoms with Gasteiger partial charge in [-0.15, -0.1) is 11.6 Å². The summed E-state index contributed by atoms with van der Waals surface area (Å²) in [6.07, 6.45) is -8.22. The van der Waals surface area contributed by atoms with Gasteiger partial charge in [0.05, 0.1) is 5.56 Å². The molecule has 0 saturated carbocycles. The SMILES string of the molecule is O=C(CCCCl)c1ccccc1OC(F)(F)C(F)F. The standard InChI is InChI=1S/C12H11ClF4O2/c13-7-3-5-9(18)8-4-1-2-6-10(8)19-12(16,17)11(14)15/h1-2,4,6,11H,3,5,7H2. The second kappa shape index (κ2) is 6.75. The zero-order chi connectivity index (χ0) is 14.5. The molecule has 1 aromatic carbocycles. The Morgan fingerprint density at radius 3 is 2.53 bits per heavy atom. The highest BCUT2D eigenvalue weighted by molar-refractivity contribution is 6.18. The Labute approximate surface area is 112 Å². The zero-order valence-corrected chi connectivity index (χ0v) is 10.5. The third kappa shape index (κ3) is 4.38. The molecule has 0 bridgehead atoms. The van der Waals surface area contributed by atoms with Gasteiger partial charge in [0.2, 0.25) is 0 Å². The molecule has 2 nitrogen and oxygen atoms in total. The molecule has 0 saturated heterocycles. The second-order valence-electron chi connectivity index (χ2n) is 3.68. The van der Waals surface area contributed by atoms with E-state index in [9.17, 15) is 22.4 Å². The lowest BCUT2D eigenvalue weighted by atomic mass is 10.1. The number of Topliss-reactive ketones (excluding diaryl/α,β-unsaturated/α-hetero) is 1. The van der Waals surface area contributed by atoms with Gasteiger partial charge in [-0.3, -0.25) is 4.79 Å². The van der Waals surface area contributed by atoms with Gasteiger partial charge in [-0.25, -0.2) is 0 Å². The Morgan fingerprint density at radius 1 is 1.32 bits per heavy atom. The Morgan fingerprint density at radius 2 is 1.95 bits per heavy atom. The van der Waals surface area contributed by atoms with E-state index in [1.807, 2.05) is 0 Å². The number of hydrogen-bond acceptors (Lipinski definition) is 2. The van der Waals surface area contributed by atoms with Crippen LogP contribution in [0.3, 0.4) is 0 Å². The third-order valence-corrected chi connectivity index (χ3v) is 2.49. The number of ether oxygens (including phenoxy) is 1. The van der Waals surface area contributed by atoms with Crippen molar-refractivity contribution in [3.8, 4) is 5.75 Å². The van der Waals surface area contributed by atoms with Crippen molar-refractivity contribution in [2.45, 2.75) is 25.4 Å². The summed E-state index contributed by atoms with van der Waals surface area (Å²) in [4.78, 5) is 11.7. The normalized spacial score (nSPS) is 11.7. The molecule has 0 aliphatic rings. The lowest BCUT2D eigenvalue weighted by Crippen LogP contribution is -2.34. The van der Waals surface area contributed by atoms with Crippen LogP contribution in [0.5, 0.6) is 5.75 Å². The van der Waals surface area contributed by atoms with E-state index >= 15 is 0 Å². The zero-order valence-electron chi connectivity index (χ0n) is 9.71. The monoisotopic (exact) mass is 298 g/mol. The number of benzene rings is 1. The van der Waals surface area contributed by atoms with Gasteiger partial charge in [0.1, 0.15) is 5.75 Å². The lowest BCUT2D eigenvalue weighted by molar-refractivity contribution is -0.253. The molecule has 0 aliphatic carbocycles. The smallest absolute Gasteiger partial charge is 0.428 e. The summed E-state index contributed by atoms with van der Waals surface area (Å²) in [5.74, 6) is -0.809. The number of halogens is 5. The van der Waals surface area contributed by atoms with E-state index in [1.54, 1.807) is 0 Å². The van der Waals surface area contributed by atoms with E-state index in [0.29, 0.717) is 6.42 Å². The van der Waals surface area contributed by atoms with Gasteiger partial charge in [0, 0.05) is 12.3 Å². The summed E-state index contributed by atoms with van der Waals surface area (Å²) in [6, 6.07) is 5.04. The van der Waals surface area contributed by atoms with Gasteiger partial charge in [-0.1, -0.05) is 12.1 Å². The van der Waals surface area contributed by atoms with Gasteiger partial charge in [-0.2, -0.15) is 17.6 Å². The molecule has 0 aliphatic heterocycles. The van der Waals surface area contributed by atoms with Crippen LogP contribution < -0.4 is 4.74 Å². The molecule has 0 fully saturated rings. The van der Waals surface area contributed by atoms with Crippen molar-refractivity contribution >= 4 is 17.4 Å². The number of rotatable bonds is 7. The fraction of sp³-hybridized carbons (Fsp3) is 0.417. The fourth-order valence-corrected chi connectivity index (χ4v) is 1.47. The van der Waals surface area contributed by atoms with Gasteiger partial charge in [0.15, 0.2) is 5.78 Å². The highest BCUT2D eigenvalue weighted by Crippen LogP contribution is 2.30. The van der Waals surface area contributed by atoms with Crippen molar-refractivity contribution in [1.29, 1.82) is 0 Å². The van der Waals surface area contributed by atoms with Crippen LogP contribution in [0.4, 0.5) is 17.6 Å². The van der Waals surface area contributed by atoms with Crippen LogP contribution in [0.25, 0.3) is 0 Å². The molecule has 106 valence electrons. The maximum absolute atomic E-state index is 12.8. The first-order valence-electron chi connectivity index (χ1n) is 5.41. The van der Waals surface area contributed by atoms with Crippen LogP contribution in [-0.4, -0.2) is 24.2 Å². The first kappa shape index (κ1) is 15.8. The number of ketones is 1. The average Bonchev–Trinajstić information content (AvgIpc) is 2.36. The van der Waals surface area contributed by atoms with Crippen molar-refractivity contribution < 1.29 is 27.1 Å². The van der Waals surface area contributed by atoms with Crippen LogP contribution >= 0.6 is 11.6 Å². The van der Waals surface area contributed by atoms with Crippen molar-refractivity contribution in [1.82, 2.24) is 0 Å². The minimum Gasteiger partial charge on any atom is -0.428 e. The molecular weight excluding hydrogens is 288 g/mol. The number of carbonyl (C=O) groups is 1. The van der Waals surface area contributed by atoms with Crippen molar-refractivity contribution in [3.05, 3.63) is 29.8 Å². The highest BCUT2D eigenvalue weighted by atomic mass is 35.5. The molecule has 0 amide bonds. The molecule has 1 rings (SSSR count). The molecule has 0 radical (unpaired) electrons. The predicted molar refractivity (Wildman–Crippen MR) is 62.3 cm³/mol. The highest BCUT2D eigenvalue weighted by Gasteiger charge is 2.44. The minimum absolute atomic E-state index is 0.0319. The van der Waals surface area contributed by atoms with Crippen LogP contribution in [0, 0.1) is 0 Å². The first-order valence-corrected chi connectivity index (χ1v) is 5.95. The number of hydrogen-bond donors (Lipinski definition) is 0. The van der Waals surface area contributed by atoms with Crippen molar-refractivity contribution in [3.63, 3.8) is 0 Å². The molecule has 0 N–H and O–H groups in total. The number of alkyl halides is 5. The summed E-state index contributed by atoms with van der Waals surface area (Å²) in [5.41, 5.74) is -0.159. The van der Waals surface area contributed by atoms with E-state index < -0.39 is 24.1 Å². The number of para-hydroxylation sites is 1. The summed E-state index contributed by atoms with van der Waals surface area (Å²) in [5, 5.41) is 0. The third-order valence-electron chi connectivity index (χ3n) is 2.23. The molecule has 19 heavy (non-hydrogen) atoms. The van der Waals surface area contributed by atoms with Crippen LogP contribution in [-0.2, 0) is 0 Å². The molecule has 0 unspecified atom stereocenters. The topological polar surface area (TPSA) is 26.3 Å². The van der Waals surface area contributed by atoms with E-state index in [4.69, 9.17) is 11.6 Å². The first-order chi connectivity index (χ1) is 8.88. The maximum Gasteiger partial charge on any atom is 0.461 e. The van der Waals surface area contributed by atoms with Gasteiger partial charge in [0.25, 0.3) is 0 Å². The molecule has 0 spiro atoms. The molecule has 0 atom stereocenters. The molecule has 7 heteroatoms. The fourth-order valence-electron chi connectivity index (χ4n) is 1.34. The van der Waals surface area contributed by atoms with Crippen LogP contribution in [0.2, 0.25) is 0 Å². The molecule has 1 aromatic rings. The summed E-state index contributed by atoms with van der Waals surface area (Å²) in [6.45, 7) is 0. The molecular formula is C12H11ClF4O2. The van der Waals surface area contributed by atoms with Crippen LogP contribution in [0.15, 0.2) is 24.3 Å². The predicted octanol–water partition coefficient (Wildman–Crippen LogP) is 4.13. The van der Waals surface area contributed by atoms with Crippen molar-refractivity contribution in [2.24, 2.45) is 0 Å². The lowest BCUT2D eigenvalue weighted by Gasteiger charge is -2.18. The van der Waals surface area contributed by atoms with E-state index in [0.717, 1.165) is 6.07 Å². The maximum atomic E-state index is 12.8. The average molecular weight is 299 g/mol. The van der Waals surface area contributed by atoms with E-state index in [-0.39, 0.29) is 17.9 Å². The summed E-state index contributed by atoms with van der Waals surface area (Å²) < 4.78 is 53.7. The Bertz CT molecular complexity index is 437. The summed E-state index contributed by atoms with van der Waals surface area (Å²) in [7, 11) is 0. The second-order valence-corrected chi connectivity index (χ2v) is 4.05. The Kier molecular flexibility index (Phi) is 5.60. The molecule has 0 aromatic heterocycles. The minimum atomic E-state index is -4.64.